The largest absolute Gasteiger partial charge is 0.417 e. The number of nitrogens with one attached hydrogen (secondary N) is 2. The van der Waals surface area contributed by atoms with Crippen LogP contribution >= 0.6 is 0 Å². The summed E-state index contributed by atoms with van der Waals surface area (Å²) < 4.78 is 42.1. The highest BCUT2D eigenvalue weighted by atomic mass is 19.4. The number of nitrogens with zero attached hydrogens (tertiary/aromatic N) is 2. The molecule has 2 N–H and O–H groups in total. The maximum Gasteiger partial charge on any atom is 0.417 e. The van der Waals surface area contributed by atoms with Crippen molar-refractivity contribution in [1.82, 2.24) is 14.8 Å². The first-order valence-electron chi connectivity index (χ1n) is 9.39. The number of aryl methyl sites for hydroxylation is 2. The van der Waals surface area contributed by atoms with Gasteiger partial charge in [0.25, 0.3) is 5.91 Å². The summed E-state index contributed by atoms with van der Waals surface area (Å²) in [7, 11) is 1.66. The number of hydrogen-bond acceptors (Lipinski definition) is 2. The van der Waals surface area contributed by atoms with Crippen molar-refractivity contribution in [1.29, 1.82) is 0 Å². The van der Waals surface area contributed by atoms with Crippen LogP contribution in [0.25, 0.3) is 22.2 Å². The van der Waals surface area contributed by atoms with Gasteiger partial charge in [-0.2, -0.15) is 18.3 Å². The van der Waals surface area contributed by atoms with Crippen LogP contribution in [0, 0.1) is 0 Å². The van der Waals surface area contributed by atoms with Gasteiger partial charge in [-0.15, -0.1) is 0 Å². The van der Waals surface area contributed by atoms with Crippen molar-refractivity contribution in [2.24, 2.45) is 7.05 Å². The molecular formula is C22H19F3N4O. The lowest BCUT2D eigenvalue weighted by Crippen LogP contribution is -2.15. The van der Waals surface area contributed by atoms with Crippen LogP contribution in [0.15, 0.2) is 54.7 Å². The number of alkyl halides is 3. The summed E-state index contributed by atoms with van der Waals surface area (Å²) in [6, 6.07) is 12.6. The molecule has 30 heavy (non-hydrogen) atoms. The average Bonchev–Trinajstić information content (AvgIpc) is 3.32. The molecular weight excluding hydrogens is 393 g/mol. The Balaban J connectivity index is 1.71. The quantitative estimate of drug-likeness (QED) is 0.471. The van der Waals surface area contributed by atoms with Crippen molar-refractivity contribution in [3.63, 3.8) is 0 Å². The number of carbonyl (C=O) groups is 1. The molecule has 0 saturated carbocycles. The highest BCUT2D eigenvalue weighted by Crippen LogP contribution is 2.38. The number of amides is 1. The van der Waals surface area contributed by atoms with Crippen molar-refractivity contribution in [2.75, 3.05) is 5.32 Å². The first-order valence-corrected chi connectivity index (χ1v) is 9.39. The van der Waals surface area contributed by atoms with E-state index in [1.54, 1.807) is 43.4 Å². The summed E-state index contributed by atoms with van der Waals surface area (Å²) in [5, 5.41) is 7.50. The number of H-pyrrole nitrogens is 1. The molecule has 0 aliphatic rings. The number of aromatic amines is 1. The van der Waals surface area contributed by atoms with E-state index in [0.29, 0.717) is 29.0 Å². The molecule has 0 spiro atoms. The topological polar surface area (TPSA) is 62.7 Å². The van der Waals surface area contributed by atoms with Crippen LogP contribution in [0.5, 0.6) is 0 Å². The fraction of sp³-hybridized carbons (Fsp3) is 0.182. The first kappa shape index (κ1) is 19.8. The third-order valence-corrected chi connectivity index (χ3v) is 5.02. The molecule has 0 saturated heterocycles. The Hall–Kier alpha value is -3.55. The Bertz CT molecular complexity index is 1240. The van der Waals surface area contributed by atoms with Crippen molar-refractivity contribution in [3.05, 3.63) is 71.5 Å². The number of anilines is 1. The average molecular weight is 412 g/mol. The number of rotatable bonds is 4. The minimum atomic E-state index is -4.46. The molecule has 154 valence electrons. The maximum absolute atomic E-state index is 13.5. The number of aromatic nitrogens is 3. The zero-order valence-electron chi connectivity index (χ0n) is 16.3. The van der Waals surface area contributed by atoms with Crippen LogP contribution in [0.2, 0.25) is 0 Å². The van der Waals surface area contributed by atoms with Crippen LogP contribution in [-0.4, -0.2) is 20.7 Å². The molecule has 0 unspecified atom stereocenters. The van der Waals surface area contributed by atoms with E-state index < -0.39 is 11.7 Å². The van der Waals surface area contributed by atoms with Gasteiger partial charge in [0.15, 0.2) is 0 Å². The summed E-state index contributed by atoms with van der Waals surface area (Å²) in [5.41, 5.74) is 2.18. The molecule has 0 aliphatic carbocycles. The monoisotopic (exact) mass is 412 g/mol. The molecule has 0 atom stereocenters. The molecule has 2 aromatic carbocycles. The molecule has 4 aromatic rings. The van der Waals surface area contributed by atoms with Crippen molar-refractivity contribution in [3.8, 4) is 11.3 Å². The summed E-state index contributed by atoms with van der Waals surface area (Å²) in [6.45, 7) is 1.90. The molecule has 2 heterocycles. The molecule has 0 bridgehead atoms. The standard InChI is InChI=1S/C22H19F3N4O/c1-3-13-4-7-17(22(23,24)25)16(10-13)19-11-14-5-6-15(12-18(14)28-19)27-21(30)20-8-9-26-29(20)2/h4-12,28H,3H2,1-2H3,(H,27,30). The zero-order valence-corrected chi connectivity index (χ0v) is 16.3. The summed E-state index contributed by atoms with van der Waals surface area (Å²) in [4.78, 5) is 15.4. The van der Waals surface area contributed by atoms with E-state index >= 15 is 0 Å². The van der Waals surface area contributed by atoms with Gasteiger partial charge in [0.2, 0.25) is 0 Å². The number of benzene rings is 2. The third-order valence-electron chi connectivity index (χ3n) is 5.02. The molecule has 0 aliphatic heterocycles. The highest BCUT2D eigenvalue weighted by Gasteiger charge is 2.34. The van der Waals surface area contributed by atoms with Crippen LogP contribution in [-0.2, 0) is 19.6 Å². The second kappa shape index (κ2) is 7.37. The predicted molar refractivity (Wildman–Crippen MR) is 109 cm³/mol. The summed E-state index contributed by atoms with van der Waals surface area (Å²) in [5.74, 6) is -0.323. The van der Waals surface area contributed by atoms with Crippen LogP contribution < -0.4 is 5.32 Å². The van der Waals surface area contributed by atoms with Gasteiger partial charge >= 0.3 is 6.18 Å². The number of halogens is 3. The fourth-order valence-corrected chi connectivity index (χ4v) is 3.42. The molecule has 0 fully saturated rings. The lowest BCUT2D eigenvalue weighted by atomic mass is 9.99. The second-order valence-corrected chi connectivity index (χ2v) is 7.01. The van der Waals surface area contributed by atoms with E-state index in [4.69, 9.17) is 0 Å². The smallest absolute Gasteiger partial charge is 0.354 e. The number of fused-ring (bicyclic) bond motifs is 1. The van der Waals surface area contributed by atoms with Crippen molar-refractivity contribution >= 4 is 22.5 Å². The van der Waals surface area contributed by atoms with Gasteiger partial charge in [-0.25, -0.2) is 0 Å². The Morgan fingerprint density at radius 3 is 2.60 bits per heavy atom. The van der Waals surface area contributed by atoms with E-state index in [-0.39, 0.29) is 11.5 Å². The lowest BCUT2D eigenvalue weighted by molar-refractivity contribution is -0.137. The normalized spacial score (nSPS) is 11.8. The van der Waals surface area contributed by atoms with E-state index in [1.165, 1.54) is 16.9 Å². The molecule has 8 heteroatoms. The minimum Gasteiger partial charge on any atom is -0.354 e. The Labute approximate surface area is 170 Å². The fourth-order valence-electron chi connectivity index (χ4n) is 3.42. The van der Waals surface area contributed by atoms with E-state index in [1.807, 2.05) is 6.92 Å². The van der Waals surface area contributed by atoms with Crippen LogP contribution in [0.3, 0.4) is 0 Å². The maximum atomic E-state index is 13.5. The van der Waals surface area contributed by atoms with Gasteiger partial charge in [-0.1, -0.05) is 19.1 Å². The predicted octanol–water partition coefficient (Wildman–Crippen LogP) is 5.40. The zero-order chi connectivity index (χ0) is 21.5. The number of carbonyl (C=O) groups excluding carboxylic acids is 1. The Morgan fingerprint density at radius 1 is 1.13 bits per heavy atom. The van der Waals surface area contributed by atoms with Gasteiger partial charge in [-0.05, 0) is 48.4 Å². The minimum absolute atomic E-state index is 0.110. The van der Waals surface area contributed by atoms with Crippen LogP contribution in [0.4, 0.5) is 18.9 Å². The second-order valence-electron chi connectivity index (χ2n) is 7.01. The molecule has 1 amide bonds. The van der Waals surface area contributed by atoms with E-state index in [2.05, 4.69) is 15.4 Å². The van der Waals surface area contributed by atoms with Gasteiger partial charge in [0.05, 0.1) is 5.56 Å². The molecule has 0 radical (unpaired) electrons. The van der Waals surface area contributed by atoms with Crippen LogP contribution in [0.1, 0.15) is 28.5 Å². The molecule has 2 aromatic heterocycles. The summed E-state index contributed by atoms with van der Waals surface area (Å²) in [6.07, 6.45) is -2.30. The van der Waals surface area contributed by atoms with Gasteiger partial charge in [0.1, 0.15) is 5.69 Å². The van der Waals surface area contributed by atoms with Gasteiger partial charge in [0, 0.05) is 41.1 Å². The summed E-state index contributed by atoms with van der Waals surface area (Å²) >= 11 is 0. The van der Waals surface area contributed by atoms with Crippen molar-refractivity contribution < 1.29 is 18.0 Å². The first-order chi connectivity index (χ1) is 14.3. The third kappa shape index (κ3) is 3.68. The Kier molecular flexibility index (Phi) is 4.85. The molecule has 5 nitrogen and oxygen atoms in total. The van der Waals surface area contributed by atoms with E-state index in [0.717, 1.165) is 17.0 Å². The highest BCUT2D eigenvalue weighted by molar-refractivity contribution is 6.04. The van der Waals surface area contributed by atoms with Gasteiger partial charge in [-0.3, -0.25) is 9.48 Å². The Morgan fingerprint density at radius 2 is 1.93 bits per heavy atom. The van der Waals surface area contributed by atoms with Gasteiger partial charge < -0.3 is 10.3 Å². The number of hydrogen-bond donors (Lipinski definition) is 2. The molecule has 4 rings (SSSR count). The van der Waals surface area contributed by atoms with Crippen molar-refractivity contribution in [2.45, 2.75) is 19.5 Å². The SMILES string of the molecule is CCc1ccc(C(F)(F)F)c(-c2cc3ccc(NC(=O)c4ccnn4C)cc3[nH]2)c1. The lowest BCUT2D eigenvalue weighted by Gasteiger charge is -2.13. The van der Waals surface area contributed by atoms with E-state index in [9.17, 15) is 18.0 Å².